The summed E-state index contributed by atoms with van der Waals surface area (Å²) < 4.78 is 37.9. The zero-order valence-electron chi connectivity index (χ0n) is 16.8. The van der Waals surface area contributed by atoms with Crippen LogP contribution in [0.5, 0.6) is 0 Å². The number of hydrogen-bond acceptors (Lipinski definition) is 2. The lowest BCUT2D eigenvalue weighted by atomic mass is 10.1. The zero-order chi connectivity index (χ0) is 21.3. The topological polar surface area (TPSA) is 65.5 Å². The largest absolute Gasteiger partial charge is 0.416 e. The Hall–Kier alpha value is -2.30. The van der Waals surface area contributed by atoms with Gasteiger partial charge in [-0.2, -0.15) is 13.2 Å². The first-order valence-electron chi connectivity index (χ1n) is 9.32. The lowest BCUT2D eigenvalue weighted by Gasteiger charge is -2.12. The summed E-state index contributed by atoms with van der Waals surface area (Å²) in [5.41, 5.74) is 1.82. The van der Waals surface area contributed by atoms with Gasteiger partial charge in [-0.3, -0.25) is 4.79 Å². The molecule has 30 heavy (non-hydrogen) atoms. The maximum atomic E-state index is 12.6. The quantitative estimate of drug-likeness (QED) is 0.277. The van der Waals surface area contributed by atoms with Crippen LogP contribution in [0.3, 0.4) is 0 Å². The van der Waals surface area contributed by atoms with Crippen molar-refractivity contribution in [3.63, 3.8) is 0 Å². The third-order valence-corrected chi connectivity index (χ3v) is 4.00. The van der Waals surface area contributed by atoms with E-state index in [0.29, 0.717) is 37.7 Å². The van der Waals surface area contributed by atoms with Gasteiger partial charge in [0.15, 0.2) is 5.96 Å². The summed E-state index contributed by atoms with van der Waals surface area (Å²) in [6.07, 6.45) is -3.75. The van der Waals surface area contributed by atoms with E-state index in [4.69, 9.17) is 0 Å². The molecule has 0 unspecified atom stereocenters. The molecule has 2 aromatic rings. The van der Waals surface area contributed by atoms with Crippen LogP contribution in [0.1, 0.15) is 30.5 Å². The van der Waals surface area contributed by atoms with Crippen molar-refractivity contribution >= 4 is 41.5 Å². The summed E-state index contributed by atoms with van der Waals surface area (Å²) in [6.45, 7) is 5.03. The van der Waals surface area contributed by atoms with Crippen molar-refractivity contribution in [2.24, 2.45) is 4.99 Å². The van der Waals surface area contributed by atoms with Gasteiger partial charge in [-0.1, -0.05) is 24.3 Å². The molecule has 0 heterocycles. The standard InChI is InChI=1S/C21H25F3N4O.HI/c1-3-25-20(27-14-17-5-4-6-19(13-17)28-15(2)29)26-12-11-16-7-9-18(10-8-16)21(22,23)24;/h4-10,13H,3,11-12,14H2,1-2H3,(H,28,29)(H2,25,26,27);1H. The summed E-state index contributed by atoms with van der Waals surface area (Å²) in [4.78, 5) is 15.7. The molecule has 5 nitrogen and oxygen atoms in total. The molecule has 0 aromatic heterocycles. The minimum absolute atomic E-state index is 0. The number of benzene rings is 2. The molecule has 0 saturated heterocycles. The number of aliphatic imine (C=N–C) groups is 1. The fourth-order valence-electron chi connectivity index (χ4n) is 2.65. The van der Waals surface area contributed by atoms with E-state index in [1.165, 1.54) is 19.1 Å². The molecule has 0 atom stereocenters. The molecule has 0 aliphatic heterocycles. The Morgan fingerprint density at radius 1 is 1.03 bits per heavy atom. The van der Waals surface area contributed by atoms with Gasteiger partial charge < -0.3 is 16.0 Å². The molecule has 2 rings (SSSR count). The Labute approximate surface area is 191 Å². The molecule has 0 bridgehead atoms. The Balaban J connectivity index is 0.00000450. The second-order valence-electron chi connectivity index (χ2n) is 6.45. The summed E-state index contributed by atoms with van der Waals surface area (Å²) in [7, 11) is 0. The number of hydrogen-bond donors (Lipinski definition) is 3. The highest BCUT2D eigenvalue weighted by molar-refractivity contribution is 14.0. The van der Waals surface area contributed by atoms with Crippen LogP contribution >= 0.6 is 24.0 Å². The van der Waals surface area contributed by atoms with E-state index in [1.54, 1.807) is 0 Å². The third-order valence-electron chi connectivity index (χ3n) is 4.00. The molecular formula is C21H26F3IN4O. The van der Waals surface area contributed by atoms with Gasteiger partial charge in [-0.05, 0) is 48.7 Å². The van der Waals surface area contributed by atoms with Gasteiger partial charge in [0, 0.05) is 25.7 Å². The lowest BCUT2D eigenvalue weighted by molar-refractivity contribution is -0.137. The third kappa shape index (κ3) is 9.02. The van der Waals surface area contributed by atoms with E-state index >= 15 is 0 Å². The van der Waals surface area contributed by atoms with E-state index in [-0.39, 0.29) is 29.9 Å². The number of carbonyl (C=O) groups excluding carboxylic acids is 1. The van der Waals surface area contributed by atoms with E-state index in [0.717, 1.165) is 23.3 Å². The Kier molecular flexibility index (Phi) is 10.6. The zero-order valence-corrected chi connectivity index (χ0v) is 19.2. The second-order valence-corrected chi connectivity index (χ2v) is 6.45. The van der Waals surface area contributed by atoms with Gasteiger partial charge in [0.05, 0.1) is 12.1 Å². The van der Waals surface area contributed by atoms with Crippen LogP contribution in [0, 0.1) is 0 Å². The molecule has 1 amide bonds. The van der Waals surface area contributed by atoms with Crippen molar-refractivity contribution in [1.29, 1.82) is 0 Å². The average Bonchev–Trinajstić information content (AvgIpc) is 2.65. The van der Waals surface area contributed by atoms with Crippen LogP contribution in [0.15, 0.2) is 53.5 Å². The summed E-state index contributed by atoms with van der Waals surface area (Å²) in [6, 6.07) is 12.6. The van der Waals surface area contributed by atoms with E-state index in [1.807, 2.05) is 31.2 Å². The average molecular weight is 534 g/mol. The predicted molar refractivity (Wildman–Crippen MR) is 124 cm³/mol. The van der Waals surface area contributed by atoms with Gasteiger partial charge in [0.1, 0.15) is 0 Å². The van der Waals surface area contributed by atoms with E-state index in [2.05, 4.69) is 20.9 Å². The van der Waals surface area contributed by atoms with Gasteiger partial charge in [-0.15, -0.1) is 24.0 Å². The highest BCUT2D eigenvalue weighted by atomic mass is 127. The molecule has 164 valence electrons. The summed E-state index contributed by atoms with van der Waals surface area (Å²) >= 11 is 0. The number of alkyl halides is 3. The first kappa shape index (κ1) is 25.7. The minimum Gasteiger partial charge on any atom is -0.357 e. The number of guanidine groups is 1. The summed E-state index contributed by atoms with van der Waals surface area (Å²) in [5.74, 6) is 0.480. The van der Waals surface area contributed by atoms with E-state index in [9.17, 15) is 18.0 Å². The molecular weight excluding hydrogens is 508 g/mol. The van der Waals surface area contributed by atoms with E-state index < -0.39 is 11.7 Å². The van der Waals surface area contributed by atoms with Crippen molar-refractivity contribution < 1.29 is 18.0 Å². The Morgan fingerprint density at radius 3 is 2.33 bits per heavy atom. The number of anilines is 1. The highest BCUT2D eigenvalue weighted by Gasteiger charge is 2.29. The molecule has 0 spiro atoms. The number of halogens is 4. The maximum Gasteiger partial charge on any atom is 0.416 e. The normalized spacial score (nSPS) is 11.4. The maximum absolute atomic E-state index is 12.6. The van der Waals surface area contributed by atoms with Crippen LogP contribution in [-0.4, -0.2) is 25.0 Å². The number of rotatable bonds is 7. The van der Waals surface area contributed by atoms with Gasteiger partial charge in [-0.25, -0.2) is 4.99 Å². The van der Waals surface area contributed by atoms with Gasteiger partial charge in [0.2, 0.25) is 5.91 Å². The Bertz CT molecular complexity index is 839. The van der Waals surface area contributed by atoms with Crippen molar-refractivity contribution in [3.8, 4) is 0 Å². The molecule has 0 aliphatic carbocycles. The molecule has 0 aliphatic rings. The van der Waals surface area contributed by atoms with Crippen molar-refractivity contribution in [2.45, 2.75) is 33.0 Å². The molecule has 9 heteroatoms. The monoisotopic (exact) mass is 534 g/mol. The first-order chi connectivity index (χ1) is 13.8. The number of amides is 1. The van der Waals surface area contributed by atoms with Gasteiger partial charge in [0.25, 0.3) is 0 Å². The molecule has 0 fully saturated rings. The molecule has 3 N–H and O–H groups in total. The SMILES string of the molecule is CCNC(=NCc1cccc(NC(C)=O)c1)NCCc1ccc(C(F)(F)F)cc1.I. The van der Waals surface area contributed by atoms with Gasteiger partial charge >= 0.3 is 6.18 Å². The highest BCUT2D eigenvalue weighted by Crippen LogP contribution is 2.29. The van der Waals surface area contributed by atoms with Crippen LogP contribution in [0.2, 0.25) is 0 Å². The number of nitrogens with zero attached hydrogens (tertiary/aromatic N) is 1. The number of carbonyl (C=O) groups is 1. The predicted octanol–water partition coefficient (Wildman–Crippen LogP) is 4.58. The first-order valence-corrected chi connectivity index (χ1v) is 9.32. The van der Waals surface area contributed by atoms with Crippen molar-refractivity contribution in [2.75, 3.05) is 18.4 Å². The van der Waals surface area contributed by atoms with Crippen molar-refractivity contribution in [3.05, 3.63) is 65.2 Å². The van der Waals surface area contributed by atoms with Crippen LogP contribution in [0.25, 0.3) is 0 Å². The second kappa shape index (κ2) is 12.4. The number of nitrogens with one attached hydrogen (secondary N) is 3. The minimum atomic E-state index is -4.32. The summed E-state index contributed by atoms with van der Waals surface area (Å²) in [5, 5.41) is 9.05. The Morgan fingerprint density at radius 2 is 1.73 bits per heavy atom. The lowest BCUT2D eigenvalue weighted by Crippen LogP contribution is -2.38. The van der Waals surface area contributed by atoms with Crippen molar-refractivity contribution in [1.82, 2.24) is 10.6 Å². The molecule has 0 saturated carbocycles. The van der Waals surface area contributed by atoms with Crippen LogP contribution in [0.4, 0.5) is 18.9 Å². The smallest absolute Gasteiger partial charge is 0.357 e. The van der Waals surface area contributed by atoms with Crippen LogP contribution in [-0.2, 0) is 23.9 Å². The molecule has 0 radical (unpaired) electrons. The fourth-order valence-corrected chi connectivity index (χ4v) is 2.65. The molecule has 2 aromatic carbocycles. The fraction of sp³-hybridized carbons (Fsp3) is 0.333. The van der Waals surface area contributed by atoms with Crippen LogP contribution < -0.4 is 16.0 Å².